The summed E-state index contributed by atoms with van der Waals surface area (Å²) in [4.78, 5) is 8.48. The van der Waals surface area contributed by atoms with Gasteiger partial charge in [-0.15, -0.1) is 0 Å². The Morgan fingerprint density at radius 3 is 2.46 bits per heavy atom. The Kier molecular flexibility index (Phi) is 6.28. The smallest absolute Gasteiger partial charge is 0.395 e. The molecule has 0 radical (unpaired) electrons. The summed E-state index contributed by atoms with van der Waals surface area (Å²) in [7, 11) is 0. The van der Waals surface area contributed by atoms with Gasteiger partial charge in [-0.3, -0.25) is 0 Å². The molecule has 0 saturated carbocycles. The van der Waals surface area contributed by atoms with Crippen LogP contribution in [-0.4, -0.2) is 27.7 Å². The van der Waals surface area contributed by atoms with Crippen LogP contribution in [0.2, 0.25) is 0 Å². The summed E-state index contributed by atoms with van der Waals surface area (Å²) in [6.07, 6.45) is -0.972. The Bertz CT molecular complexity index is 644. The SMILES string of the molecule is CCC[C@H](CO)NCc1ccnc(-c2ccc(C(F)(F)F)cc2)n1. The van der Waals surface area contributed by atoms with Gasteiger partial charge in [-0.25, -0.2) is 9.97 Å². The third kappa shape index (κ3) is 5.01. The van der Waals surface area contributed by atoms with Gasteiger partial charge >= 0.3 is 6.18 Å². The first-order valence-corrected chi connectivity index (χ1v) is 7.77. The molecular weight excluding hydrogens is 319 g/mol. The zero-order valence-electron chi connectivity index (χ0n) is 13.3. The zero-order valence-corrected chi connectivity index (χ0v) is 13.3. The molecule has 0 fully saturated rings. The largest absolute Gasteiger partial charge is 0.416 e. The maximum atomic E-state index is 12.6. The highest BCUT2D eigenvalue weighted by Crippen LogP contribution is 2.30. The van der Waals surface area contributed by atoms with E-state index >= 15 is 0 Å². The lowest BCUT2D eigenvalue weighted by Gasteiger charge is -2.15. The first-order valence-electron chi connectivity index (χ1n) is 7.77. The third-order valence-electron chi connectivity index (χ3n) is 3.61. The van der Waals surface area contributed by atoms with Crippen molar-refractivity contribution in [1.82, 2.24) is 15.3 Å². The zero-order chi connectivity index (χ0) is 17.6. The maximum Gasteiger partial charge on any atom is 0.416 e. The van der Waals surface area contributed by atoms with E-state index in [9.17, 15) is 18.3 Å². The van der Waals surface area contributed by atoms with Gasteiger partial charge in [0.2, 0.25) is 0 Å². The van der Waals surface area contributed by atoms with Crippen molar-refractivity contribution in [3.63, 3.8) is 0 Å². The van der Waals surface area contributed by atoms with E-state index in [2.05, 4.69) is 15.3 Å². The van der Waals surface area contributed by atoms with Gasteiger partial charge < -0.3 is 10.4 Å². The number of aromatic nitrogens is 2. The fourth-order valence-corrected chi connectivity index (χ4v) is 2.30. The molecule has 1 aromatic heterocycles. The van der Waals surface area contributed by atoms with Gasteiger partial charge in [0.1, 0.15) is 0 Å². The minimum Gasteiger partial charge on any atom is -0.395 e. The van der Waals surface area contributed by atoms with Crippen LogP contribution in [0.25, 0.3) is 11.4 Å². The number of hydrogen-bond acceptors (Lipinski definition) is 4. The Balaban J connectivity index is 2.09. The highest BCUT2D eigenvalue weighted by Gasteiger charge is 2.30. The number of rotatable bonds is 7. The average molecular weight is 339 g/mol. The Morgan fingerprint density at radius 1 is 1.17 bits per heavy atom. The lowest BCUT2D eigenvalue weighted by Crippen LogP contribution is -2.32. The second-order valence-corrected chi connectivity index (χ2v) is 5.50. The summed E-state index contributed by atoms with van der Waals surface area (Å²) >= 11 is 0. The number of halogens is 3. The van der Waals surface area contributed by atoms with E-state index in [1.807, 2.05) is 6.92 Å². The van der Waals surface area contributed by atoms with Gasteiger partial charge in [-0.05, 0) is 24.6 Å². The molecule has 130 valence electrons. The van der Waals surface area contributed by atoms with Gasteiger partial charge in [0.05, 0.1) is 17.9 Å². The van der Waals surface area contributed by atoms with Crippen molar-refractivity contribution < 1.29 is 18.3 Å². The summed E-state index contributed by atoms with van der Waals surface area (Å²) in [5.74, 6) is 0.374. The predicted octanol–water partition coefficient (Wildman–Crippen LogP) is 3.41. The van der Waals surface area contributed by atoms with Crippen molar-refractivity contribution in [3.8, 4) is 11.4 Å². The number of hydrogen-bond donors (Lipinski definition) is 2. The van der Waals surface area contributed by atoms with Gasteiger partial charge in [-0.1, -0.05) is 25.5 Å². The Labute approximate surface area is 138 Å². The van der Waals surface area contributed by atoms with Crippen LogP contribution in [0, 0.1) is 0 Å². The van der Waals surface area contributed by atoms with Gasteiger partial charge in [0.25, 0.3) is 0 Å². The van der Waals surface area contributed by atoms with E-state index in [4.69, 9.17) is 0 Å². The number of alkyl halides is 3. The van der Waals surface area contributed by atoms with E-state index in [-0.39, 0.29) is 12.6 Å². The molecule has 4 nitrogen and oxygen atoms in total. The van der Waals surface area contributed by atoms with Crippen LogP contribution < -0.4 is 5.32 Å². The van der Waals surface area contributed by atoms with Gasteiger partial charge in [-0.2, -0.15) is 13.2 Å². The predicted molar refractivity (Wildman–Crippen MR) is 85.1 cm³/mol. The number of aliphatic hydroxyl groups is 1. The summed E-state index contributed by atoms with van der Waals surface area (Å²) in [5.41, 5.74) is 0.543. The summed E-state index contributed by atoms with van der Waals surface area (Å²) in [6.45, 7) is 2.55. The molecule has 1 aromatic carbocycles. The number of aliphatic hydroxyl groups excluding tert-OH is 1. The molecule has 0 aliphatic rings. The summed E-state index contributed by atoms with van der Waals surface area (Å²) < 4.78 is 37.8. The van der Waals surface area contributed by atoms with E-state index in [1.54, 1.807) is 12.3 Å². The van der Waals surface area contributed by atoms with Crippen LogP contribution in [-0.2, 0) is 12.7 Å². The molecule has 1 heterocycles. The number of benzene rings is 1. The lowest BCUT2D eigenvalue weighted by atomic mass is 10.1. The summed E-state index contributed by atoms with van der Waals surface area (Å²) in [5, 5.41) is 12.5. The van der Waals surface area contributed by atoms with Crippen molar-refractivity contribution in [1.29, 1.82) is 0 Å². The average Bonchev–Trinajstić information content (AvgIpc) is 2.58. The van der Waals surface area contributed by atoms with Crippen LogP contribution in [0.3, 0.4) is 0 Å². The van der Waals surface area contributed by atoms with E-state index in [1.165, 1.54) is 12.1 Å². The van der Waals surface area contributed by atoms with Crippen molar-refractivity contribution in [2.45, 2.75) is 38.5 Å². The first-order chi connectivity index (χ1) is 11.4. The molecule has 0 spiro atoms. The van der Waals surface area contributed by atoms with Crippen molar-refractivity contribution in [2.75, 3.05) is 6.61 Å². The molecule has 2 aromatic rings. The molecule has 0 unspecified atom stereocenters. The molecule has 0 bridgehead atoms. The third-order valence-corrected chi connectivity index (χ3v) is 3.61. The number of nitrogens with zero attached hydrogens (tertiary/aromatic N) is 2. The maximum absolute atomic E-state index is 12.6. The molecular formula is C17H20F3N3O. The second-order valence-electron chi connectivity index (χ2n) is 5.50. The van der Waals surface area contributed by atoms with Crippen molar-refractivity contribution in [2.24, 2.45) is 0 Å². The monoisotopic (exact) mass is 339 g/mol. The quantitative estimate of drug-likeness (QED) is 0.812. The molecule has 0 saturated heterocycles. The van der Waals surface area contributed by atoms with E-state index in [0.29, 0.717) is 17.9 Å². The molecule has 0 aliphatic heterocycles. The molecule has 0 aliphatic carbocycles. The van der Waals surface area contributed by atoms with E-state index < -0.39 is 11.7 Å². The van der Waals surface area contributed by atoms with Crippen LogP contribution >= 0.6 is 0 Å². The highest BCUT2D eigenvalue weighted by molar-refractivity contribution is 5.55. The van der Waals surface area contributed by atoms with Crippen LogP contribution in [0.5, 0.6) is 0 Å². The molecule has 24 heavy (non-hydrogen) atoms. The Morgan fingerprint density at radius 2 is 1.88 bits per heavy atom. The van der Waals surface area contributed by atoms with E-state index in [0.717, 1.165) is 30.7 Å². The van der Waals surface area contributed by atoms with Gasteiger partial charge in [0.15, 0.2) is 5.82 Å². The Hall–Kier alpha value is -1.99. The van der Waals surface area contributed by atoms with Crippen LogP contribution in [0.4, 0.5) is 13.2 Å². The molecule has 2 N–H and O–H groups in total. The molecule has 1 atom stereocenters. The topological polar surface area (TPSA) is 58.0 Å². The molecule has 0 amide bonds. The van der Waals surface area contributed by atoms with Gasteiger partial charge in [0, 0.05) is 24.3 Å². The van der Waals surface area contributed by atoms with Crippen molar-refractivity contribution in [3.05, 3.63) is 47.8 Å². The van der Waals surface area contributed by atoms with Crippen molar-refractivity contribution >= 4 is 0 Å². The standard InChI is InChI=1S/C17H20F3N3O/c1-2-3-15(11-24)22-10-14-8-9-21-16(23-14)12-4-6-13(7-5-12)17(18,19)20/h4-9,15,22,24H,2-3,10-11H2,1H3/t15-/m1/s1. The van der Waals surface area contributed by atoms with Crippen LogP contribution in [0.1, 0.15) is 31.0 Å². The minimum atomic E-state index is -4.36. The molecule has 7 heteroatoms. The van der Waals surface area contributed by atoms with Crippen LogP contribution in [0.15, 0.2) is 36.5 Å². The first kappa shape index (κ1) is 18.4. The molecule has 2 rings (SSSR count). The fourth-order valence-electron chi connectivity index (χ4n) is 2.30. The lowest BCUT2D eigenvalue weighted by molar-refractivity contribution is -0.137. The second kappa shape index (κ2) is 8.21. The highest BCUT2D eigenvalue weighted by atomic mass is 19.4. The number of nitrogens with one attached hydrogen (secondary N) is 1. The normalized spacial score (nSPS) is 13.0. The summed E-state index contributed by atoms with van der Waals surface area (Å²) in [6, 6.07) is 6.51. The fraction of sp³-hybridized carbons (Fsp3) is 0.412. The minimum absolute atomic E-state index is 0.000477.